The van der Waals surface area contributed by atoms with Gasteiger partial charge in [-0.25, -0.2) is 9.67 Å². The average Bonchev–Trinajstić information content (AvgIpc) is 2.63. The second-order valence-electron chi connectivity index (χ2n) is 6.01. The molecule has 1 aromatic heterocycles. The van der Waals surface area contributed by atoms with Crippen LogP contribution in [0.3, 0.4) is 0 Å². The van der Waals surface area contributed by atoms with Crippen molar-refractivity contribution in [2.45, 2.75) is 52.2 Å². The Morgan fingerprint density at radius 3 is 2.78 bits per heavy atom. The van der Waals surface area contributed by atoms with Crippen molar-refractivity contribution >= 4 is 0 Å². The highest BCUT2D eigenvalue weighted by atomic mass is 15.4. The Morgan fingerprint density at radius 2 is 2.17 bits per heavy atom. The predicted octanol–water partition coefficient (Wildman–Crippen LogP) is 1.25. The van der Waals surface area contributed by atoms with Crippen LogP contribution < -0.4 is 5.73 Å². The maximum Gasteiger partial charge on any atom is 0.141 e. The van der Waals surface area contributed by atoms with Gasteiger partial charge in [0.25, 0.3) is 0 Å². The minimum atomic E-state index is 0.0393. The largest absolute Gasteiger partial charge is 0.323 e. The molecular weight excluding hydrogens is 226 g/mol. The van der Waals surface area contributed by atoms with Crippen molar-refractivity contribution in [3.8, 4) is 0 Å². The fraction of sp³-hybridized carbons (Fsp3) is 0.846. The van der Waals surface area contributed by atoms with Crippen LogP contribution in [0.1, 0.15) is 39.4 Å². The Morgan fingerprint density at radius 1 is 1.44 bits per heavy atom. The number of aromatic nitrogens is 3. The van der Waals surface area contributed by atoms with Gasteiger partial charge < -0.3 is 5.73 Å². The van der Waals surface area contributed by atoms with E-state index >= 15 is 0 Å². The maximum atomic E-state index is 6.27. The second kappa shape index (κ2) is 5.36. The number of hydrogen-bond donors (Lipinski definition) is 1. The molecule has 1 aromatic rings. The van der Waals surface area contributed by atoms with E-state index in [-0.39, 0.29) is 5.54 Å². The van der Waals surface area contributed by atoms with E-state index in [2.05, 4.69) is 35.8 Å². The van der Waals surface area contributed by atoms with Gasteiger partial charge in [-0.15, -0.1) is 0 Å². The summed E-state index contributed by atoms with van der Waals surface area (Å²) in [6.07, 6.45) is 3.93. The third kappa shape index (κ3) is 3.09. The Labute approximate surface area is 109 Å². The molecule has 18 heavy (non-hydrogen) atoms. The van der Waals surface area contributed by atoms with Crippen LogP contribution in [0.4, 0.5) is 0 Å². The van der Waals surface area contributed by atoms with Gasteiger partial charge in [0, 0.05) is 25.2 Å². The van der Waals surface area contributed by atoms with E-state index in [1.54, 1.807) is 6.33 Å². The highest BCUT2D eigenvalue weighted by molar-refractivity contribution is 5.01. The van der Waals surface area contributed by atoms with E-state index in [0.29, 0.717) is 5.92 Å². The Bertz CT molecular complexity index is 378. The molecule has 0 saturated carbocycles. The Balaban J connectivity index is 1.87. The molecule has 0 bridgehead atoms. The molecule has 5 heteroatoms. The lowest BCUT2D eigenvalue weighted by Crippen LogP contribution is -2.66. The number of rotatable bonds is 6. The molecule has 0 aliphatic carbocycles. The first-order chi connectivity index (χ1) is 8.52. The molecule has 5 nitrogen and oxygen atoms in total. The van der Waals surface area contributed by atoms with E-state index in [9.17, 15) is 0 Å². The van der Waals surface area contributed by atoms with Crippen LogP contribution in [-0.4, -0.2) is 38.3 Å². The van der Waals surface area contributed by atoms with E-state index in [1.165, 1.54) is 0 Å². The van der Waals surface area contributed by atoms with Crippen LogP contribution in [0.2, 0.25) is 0 Å². The fourth-order valence-electron chi connectivity index (χ4n) is 2.72. The summed E-state index contributed by atoms with van der Waals surface area (Å²) in [5.41, 5.74) is 6.31. The molecule has 0 atom stereocenters. The third-order valence-electron chi connectivity index (χ3n) is 3.42. The summed E-state index contributed by atoms with van der Waals surface area (Å²) in [6.45, 7) is 10.4. The summed E-state index contributed by atoms with van der Waals surface area (Å²) in [5.74, 6) is 1.65. The molecule has 1 aliphatic rings. The second-order valence-corrected chi connectivity index (χ2v) is 6.01. The lowest BCUT2D eigenvalue weighted by molar-refractivity contribution is 0.0529. The third-order valence-corrected chi connectivity index (χ3v) is 3.42. The topological polar surface area (TPSA) is 60.0 Å². The molecule has 2 heterocycles. The summed E-state index contributed by atoms with van der Waals surface area (Å²) in [5, 5.41) is 4.29. The fourth-order valence-corrected chi connectivity index (χ4v) is 2.72. The molecule has 2 N–H and O–H groups in total. The van der Waals surface area contributed by atoms with Gasteiger partial charge in [-0.05, 0) is 12.3 Å². The van der Waals surface area contributed by atoms with Gasteiger partial charge in [0.2, 0.25) is 0 Å². The zero-order valence-corrected chi connectivity index (χ0v) is 11.8. The molecule has 0 unspecified atom stereocenters. The van der Waals surface area contributed by atoms with E-state index in [1.807, 2.05) is 4.68 Å². The Hall–Kier alpha value is -0.940. The standard InChI is InChI=1S/C13H25N5/c1-4-5-13(14)8-17(9-13)7-12-15-10-16-18(12)6-11(2)3/h10-11H,4-9,14H2,1-3H3. The van der Waals surface area contributed by atoms with Gasteiger partial charge in [-0.1, -0.05) is 27.2 Å². The van der Waals surface area contributed by atoms with Gasteiger partial charge in [0.05, 0.1) is 6.54 Å². The van der Waals surface area contributed by atoms with Crippen LogP contribution in [0.15, 0.2) is 6.33 Å². The lowest BCUT2D eigenvalue weighted by atomic mass is 9.86. The van der Waals surface area contributed by atoms with Crippen molar-refractivity contribution in [2.75, 3.05) is 13.1 Å². The molecule has 2 rings (SSSR count). The van der Waals surface area contributed by atoms with Gasteiger partial charge in [-0.2, -0.15) is 5.10 Å². The summed E-state index contributed by atoms with van der Waals surface area (Å²) >= 11 is 0. The van der Waals surface area contributed by atoms with Crippen molar-refractivity contribution in [3.63, 3.8) is 0 Å². The smallest absolute Gasteiger partial charge is 0.141 e. The Kier molecular flexibility index (Phi) is 4.02. The van der Waals surface area contributed by atoms with Gasteiger partial charge >= 0.3 is 0 Å². The van der Waals surface area contributed by atoms with E-state index in [0.717, 1.165) is 44.8 Å². The lowest BCUT2D eigenvalue weighted by Gasteiger charge is -2.47. The van der Waals surface area contributed by atoms with Crippen LogP contribution in [0.25, 0.3) is 0 Å². The van der Waals surface area contributed by atoms with Gasteiger partial charge in [0.1, 0.15) is 12.2 Å². The quantitative estimate of drug-likeness (QED) is 0.826. The van der Waals surface area contributed by atoms with Crippen molar-refractivity contribution in [1.29, 1.82) is 0 Å². The minimum Gasteiger partial charge on any atom is -0.323 e. The molecule has 0 radical (unpaired) electrons. The highest BCUT2D eigenvalue weighted by Crippen LogP contribution is 2.24. The van der Waals surface area contributed by atoms with Crippen molar-refractivity contribution in [3.05, 3.63) is 12.2 Å². The number of hydrogen-bond acceptors (Lipinski definition) is 4. The molecular formula is C13H25N5. The molecule has 1 fully saturated rings. The highest BCUT2D eigenvalue weighted by Gasteiger charge is 2.38. The van der Waals surface area contributed by atoms with Crippen LogP contribution >= 0.6 is 0 Å². The molecule has 1 saturated heterocycles. The van der Waals surface area contributed by atoms with Crippen molar-refractivity contribution in [1.82, 2.24) is 19.7 Å². The molecule has 0 spiro atoms. The predicted molar refractivity (Wildman–Crippen MR) is 72.0 cm³/mol. The molecule has 0 aromatic carbocycles. The van der Waals surface area contributed by atoms with Crippen molar-refractivity contribution < 1.29 is 0 Å². The monoisotopic (exact) mass is 251 g/mol. The van der Waals surface area contributed by atoms with Gasteiger partial charge in [-0.3, -0.25) is 4.90 Å². The van der Waals surface area contributed by atoms with Crippen LogP contribution in [-0.2, 0) is 13.1 Å². The van der Waals surface area contributed by atoms with Crippen LogP contribution in [0, 0.1) is 5.92 Å². The zero-order valence-electron chi connectivity index (χ0n) is 11.8. The number of nitrogens with two attached hydrogens (primary N) is 1. The normalized spacial score (nSPS) is 19.2. The van der Waals surface area contributed by atoms with E-state index < -0.39 is 0 Å². The molecule has 1 aliphatic heterocycles. The average molecular weight is 251 g/mol. The molecule has 102 valence electrons. The summed E-state index contributed by atoms with van der Waals surface area (Å²) in [4.78, 5) is 6.71. The SMILES string of the molecule is CCCC1(N)CN(Cc2ncnn2CC(C)C)C1. The van der Waals surface area contributed by atoms with Crippen LogP contribution in [0.5, 0.6) is 0 Å². The van der Waals surface area contributed by atoms with E-state index in [4.69, 9.17) is 5.73 Å². The molecule has 0 amide bonds. The summed E-state index contributed by atoms with van der Waals surface area (Å²) < 4.78 is 2.01. The van der Waals surface area contributed by atoms with Gasteiger partial charge in [0.15, 0.2) is 0 Å². The first kappa shape index (κ1) is 13.5. The number of nitrogens with zero attached hydrogens (tertiary/aromatic N) is 4. The summed E-state index contributed by atoms with van der Waals surface area (Å²) in [7, 11) is 0. The first-order valence-electron chi connectivity index (χ1n) is 6.90. The minimum absolute atomic E-state index is 0.0393. The zero-order chi connectivity index (χ0) is 13.2. The maximum absolute atomic E-state index is 6.27. The first-order valence-corrected chi connectivity index (χ1v) is 6.90. The summed E-state index contributed by atoms with van der Waals surface area (Å²) in [6, 6.07) is 0. The van der Waals surface area contributed by atoms with Crippen molar-refractivity contribution in [2.24, 2.45) is 11.7 Å². The number of likely N-dealkylation sites (tertiary alicyclic amines) is 1.